The zero-order chi connectivity index (χ0) is 15.5. The van der Waals surface area contributed by atoms with Crippen molar-refractivity contribution < 1.29 is 19.1 Å². The molecule has 0 aromatic heterocycles. The molecule has 1 amide bonds. The lowest BCUT2D eigenvalue weighted by Crippen LogP contribution is -2.27. The fourth-order valence-corrected chi connectivity index (χ4v) is 2.82. The van der Waals surface area contributed by atoms with Crippen LogP contribution in [-0.2, 0) is 14.3 Å². The topological polar surface area (TPSA) is 64.6 Å². The molecule has 2 saturated carbocycles. The number of carbonyl (C=O) groups excluding carboxylic acids is 2. The van der Waals surface area contributed by atoms with Gasteiger partial charge in [0.2, 0.25) is 5.91 Å². The van der Waals surface area contributed by atoms with Crippen molar-refractivity contribution in [3.63, 3.8) is 0 Å². The van der Waals surface area contributed by atoms with Gasteiger partial charge in [0.15, 0.2) is 0 Å². The number of benzene rings is 1. The van der Waals surface area contributed by atoms with Crippen LogP contribution in [-0.4, -0.2) is 31.2 Å². The summed E-state index contributed by atoms with van der Waals surface area (Å²) in [7, 11) is 1.64. The normalized spacial score (nSPS) is 24.0. The van der Waals surface area contributed by atoms with Crippen LogP contribution in [0.2, 0.25) is 0 Å². The molecule has 3 rings (SSSR count). The van der Waals surface area contributed by atoms with Gasteiger partial charge in [-0.05, 0) is 50.3 Å². The molecule has 2 fully saturated rings. The average Bonchev–Trinajstić information content (AvgIpc) is 3.28. The second-order valence-corrected chi connectivity index (χ2v) is 5.99. The Morgan fingerprint density at radius 3 is 2.64 bits per heavy atom. The van der Waals surface area contributed by atoms with Gasteiger partial charge in [-0.25, -0.2) is 4.79 Å². The maximum absolute atomic E-state index is 12.3. The molecule has 1 aromatic rings. The van der Waals surface area contributed by atoms with Gasteiger partial charge in [0.1, 0.15) is 6.10 Å². The van der Waals surface area contributed by atoms with Crippen molar-refractivity contribution in [3.8, 4) is 0 Å². The Labute approximate surface area is 130 Å². The molecule has 2 atom stereocenters. The van der Waals surface area contributed by atoms with E-state index in [4.69, 9.17) is 9.47 Å². The summed E-state index contributed by atoms with van der Waals surface area (Å²) in [6.07, 6.45) is 4.48. The van der Waals surface area contributed by atoms with Gasteiger partial charge in [0.25, 0.3) is 0 Å². The molecule has 0 spiro atoms. The van der Waals surface area contributed by atoms with E-state index in [1.807, 2.05) is 0 Å². The minimum Gasteiger partial charge on any atom is -0.456 e. The number of anilines is 1. The van der Waals surface area contributed by atoms with Gasteiger partial charge in [0.05, 0.1) is 11.7 Å². The van der Waals surface area contributed by atoms with Crippen LogP contribution in [0.4, 0.5) is 5.69 Å². The molecule has 1 aromatic carbocycles. The molecule has 0 heterocycles. The molecular weight excluding hydrogens is 282 g/mol. The van der Waals surface area contributed by atoms with E-state index < -0.39 is 0 Å². The van der Waals surface area contributed by atoms with Gasteiger partial charge >= 0.3 is 5.97 Å². The zero-order valence-electron chi connectivity index (χ0n) is 12.7. The van der Waals surface area contributed by atoms with E-state index in [9.17, 15) is 9.59 Å². The van der Waals surface area contributed by atoms with Gasteiger partial charge in [-0.15, -0.1) is 0 Å². The third-order valence-electron chi connectivity index (χ3n) is 4.27. The fourth-order valence-electron chi connectivity index (χ4n) is 2.82. The Hall–Kier alpha value is -1.88. The summed E-state index contributed by atoms with van der Waals surface area (Å²) < 4.78 is 10.9. The standard InChI is InChI=1S/C17H21NO4/c1-21-14-6-3-7-15(14)22-17(20)12-4-2-5-13(10-12)18-16(19)11-8-9-11/h2,4-5,10-11,14-15H,3,6-9H2,1H3,(H,18,19)/t14-,15+/m1/s1. The molecule has 0 saturated heterocycles. The van der Waals surface area contributed by atoms with E-state index in [1.165, 1.54) is 0 Å². The smallest absolute Gasteiger partial charge is 0.338 e. The van der Waals surface area contributed by atoms with Crippen LogP contribution in [0.15, 0.2) is 24.3 Å². The highest BCUT2D eigenvalue weighted by Crippen LogP contribution is 2.30. The Bertz CT molecular complexity index is 568. The molecule has 22 heavy (non-hydrogen) atoms. The fraction of sp³-hybridized carbons (Fsp3) is 0.529. The number of amides is 1. The first-order valence-electron chi connectivity index (χ1n) is 7.82. The maximum atomic E-state index is 12.3. The van der Waals surface area contributed by atoms with Crippen LogP contribution in [0.3, 0.4) is 0 Å². The summed E-state index contributed by atoms with van der Waals surface area (Å²) in [5, 5.41) is 2.84. The van der Waals surface area contributed by atoms with E-state index in [-0.39, 0.29) is 30.0 Å². The Morgan fingerprint density at radius 2 is 1.91 bits per heavy atom. The van der Waals surface area contributed by atoms with E-state index in [2.05, 4.69) is 5.32 Å². The number of hydrogen-bond donors (Lipinski definition) is 1. The molecule has 0 radical (unpaired) electrons. The number of nitrogens with one attached hydrogen (secondary N) is 1. The maximum Gasteiger partial charge on any atom is 0.338 e. The van der Waals surface area contributed by atoms with Crippen molar-refractivity contribution >= 4 is 17.6 Å². The minimum atomic E-state index is -0.364. The van der Waals surface area contributed by atoms with Crippen molar-refractivity contribution in [2.24, 2.45) is 5.92 Å². The molecule has 0 aliphatic heterocycles. The lowest BCUT2D eigenvalue weighted by molar-refractivity contribution is -0.117. The molecule has 2 aliphatic carbocycles. The molecule has 118 valence electrons. The van der Waals surface area contributed by atoms with Crippen LogP contribution in [0, 0.1) is 5.92 Å². The van der Waals surface area contributed by atoms with Gasteiger partial charge in [-0.2, -0.15) is 0 Å². The Kier molecular flexibility index (Phi) is 4.43. The van der Waals surface area contributed by atoms with Crippen LogP contribution < -0.4 is 5.32 Å². The number of hydrogen-bond acceptors (Lipinski definition) is 4. The third-order valence-corrected chi connectivity index (χ3v) is 4.27. The van der Waals surface area contributed by atoms with Crippen molar-refractivity contribution in [2.45, 2.75) is 44.3 Å². The monoisotopic (exact) mass is 303 g/mol. The second-order valence-electron chi connectivity index (χ2n) is 5.99. The third kappa shape index (κ3) is 3.47. The molecule has 1 N–H and O–H groups in total. The highest BCUT2D eigenvalue weighted by Gasteiger charge is 2.31. The highest BCUT2D eigenvalue weighted by molar-refractivity contribution is 5.96. The first kappa shape index (κ1) is 15.0. The summed E-state index contributed by atoms with van der Waals surface area (Å²) >= 11 is 0. The summed E-state index contributed by atoms with van der Waals surface area (Å²) in [5.74, 6) is -0.200. The Balaban J connectivity index is 1.63. The molecule has 5 heteroatoms. The molecule has 0 unspecified atom stereocenters. The summed E-state index contributed by atoms with van der Waals surface area (Å²) in [4.78, 5) is 24.0. The largest absolute Gasteiger partial charge is 0.456 e. The summed E-state index contributed by atoms with van der Waals surface area (Å²) in [6, 6.07) is 6.90. The molecule has 0 bridgehead atoms. The number of methoxy groups -OCH3 is 1. The van der Waals surface area contributed by atoms with Gasteiger partial charge in [-0.1, -0.05) is 6.07 Å². The number of rotatable bonds is 5. The van der Waals surface area contributed by atoms with Crippen LogP contribution in [0.5, 0.6) is 0 Å². The highest BCUT2D eigenvalue weighted by atomic mass is 16.6. The molecule has 2 aliphatic rings. The predicted molar refractivity (Wildman–Crippen MR) is 81.6 cm³/mol. The predicted octanol–water partition coefficient (Wildman–Crippen LogP) is 2.76. The molecule has 5 nitrogen and oxygen atoms in total. The quantitative estimate of drug-likeness (QED) is 0.850. The number of carbonyl (C=O) groups is 2. The van der Waals surface area contributed by atoms with Crippen molar-refractivity contribution in [3.05, 3.63) is 29.8 Å². The second kappa shape index (κ2) is 6.48. The van der Waals surface area contributed by atoms with E-state index in [1.54, 1.807) is 31.4 Å². The average molecular weight is 303 g/mol. The lowest BCUT2D eigenvalue weighted by atomic mass is 10.2. The van der Waals surface area contributed by atoms with Gasteiger partial charge in [0, 0.05) is 18.7 Å². The molecular formula is C17H21NO4. The zero-order valence-corrected chi connectivity index (χ0v) is 12.7. The first-order chi connectivity index (χ1) is 10.7. The van der Waals surface area contributed by atoms with Crippen LogP contribution in [0.1, 0.15) is 42.5 Å². The van der Waals surface area contributed by atoms with E-state index in [0.29, 0.717) is 11.3 Å². The lowest BCUT2D eigenvalue weighted by Gasteiger charge is -2.18. The number of ether oxygens (including phenoxy) is 2. The summed E-state index contributed by atoms with van der Waals surface area (Å²) in [6.45, 7) is 0. The van der Waals surface area contributed by atoms with Crippen molar-refractivity contribution in [1.29, 1.82) is 0 Å². The number of esters is 1. The van der Waals surface area contributed by atoms with Crippen LogP contribution in [0.25, 0.3) is 0 Å². The Morgan fingerprint density at radius 1 is 1.14 bits per heavy atom. The van der Waals surface area contributed by atoms with Crippen LogP contribution >= 0.6 is 0 Å². The van der Waals surface area contributed by atoms with E-state index in [0.717, 1.165) is 32.1 Å². The van der Waals surface area contributed by atoms with Crippen molar-refractivity contribution in [1.82, 2.24) is 0 Å². The SMILES string of the molecule is CO[C@@H]1CCC[C@@H]1OC(=O)c1cccc(NC(=O)C2CC2)c1. The van der Waals surface area contributed by atoms with Gasteiger partial charge < -0.3 is 14.8 Å². The minimum absolute atomic E-state index is 0.0123. The summed E-state index contributed by atoms with van der Waals surface area (Å²) in [5.41, 5.74) is 1.09. The first-order valence-corrected chi connectivity index (χ1v) is 7.82. The van der Waals surface area contributed by atoms with E-state index >= 15 is 0 Å². The van der Waals surface area contributed by atoms with Crippen molar-refractivity contribution in [2.75, 3.05) is 12.4 Å². The van der Waals surface area contributed by atoms with Gasteiger partial charge in [-0.3, -0.25) is 4.79 Å².